The van der Waals surface area contributed by atoms with Gasteiger partial charge in [0.1, 0.15) is 5.69 Å². The van der Waals surface area contributed by atoms with Crippen molar-refractivity contribution in [1.29, 1.82) is 0 Å². The van der Waals surface area contributed by atoms with Gasteiger partial charge in [-0.2, -0.15) is 4.31 Å². The molecule has 150 valence electrons. The first-order valence-corrected chi connectivity index (χ1v) is 10.2. The van der Waals surface area contributed by atoms with Crippen LogP contribution in [0, 0.1) is 13.8 Å². The lowest BCUT2D eigenvalue weighted by molar-refractivity contribution is 0.0519. The minimum Gasteiger partial charge on any atom is -0.461 e. The van der Waals surface area contributed by atoms with E-state index in [1.165, 1.54) is 18.2 Å². The Hall–Kier alpha value is -2.71. The number of Topliss-reactive ketones (excluding diaryl/α,β-unsaturated/α-hetero) is 1. The fourth-order valence-corrected chi connectivity index (χ4v) is 4.34. The van der Waals surface area contributed by atoms with Crippen molar-refractivity contribution in [1.82, 2.24) is 9.29 Å². The zero-order valence-corrected chi connectivity index (χ0v) is 17.0. The number of nitrogens with zero attached hydrogens (tertiary/aromatic N) is 1. The van der Waals surface area contributed by atoms with E-state index >= 15 is 0 Å². The van der Waals surface area contributed by atoms with Gasteiger partial charge in [0.05, 0.1) is 18.0 Å². The van der Waals surface area contributed by atoms with Gasteiger partial charge in [-0.15, -0.1) is 6.58 Å². The van der Waals surface area contributed by atoms with Crippen LogP contribution in [0.25, 0.3) is 0 Å². The number of esters is 1. The number of ketones is 1. The van der Waals surface area contributed by atoms with Crippen LogP contribution >= 0.6 is 0 Å². The summed E-state index contributed by atoms with van der Waals surface area (Å²) >= 11 is 0. The van der Waals surface area contributed by atoms with Crippen molar-refractivity contribution in [2.45, 2.75) is 25.7 Å². The Morgan fingerprint density at radius 2 is 1.86 bits per heavy atom. The average molecular weight is 404 g/mol. The Labute approximate surface area is 165 Å². The second-order valence-electron chi connectivity index (χ2n) is 6.17. The molecule has 8 heteroatoms. The summed E-state index contributed by atoms with van der Waals surface area (Å²) in [5.41, 5.74) is 1.42. The number of H-pyrrole nitrogens is 1. The third-order valence-corrected chi connectivity index (χ3v) is 6.06. The fraction of sp³-hybridized carbons (Fsp3) is 0.300. The number of hydrogen-bond acceptors (Lipinski definition) is 5. The minimum absolute atomic E-state index is 0.0176. The predicted molar refractivity (Wildman–Crippen MR) is 106 cm³/mol. The molecule has 0 fully saturated rings. The zero-order chi connectivity index (χ0) is 20.9. The van der Waals surface area contributed by atoms with Crippen LogP contribution in [0.1, 0.15) is 39.0 Å². The van der Waals surface area contributed by atoms with Gasteiger partial charge in [0.15, 0.2) is 5.78 Å². The lowest BCUT2D eigenvalue weighted by atomic mass is 10.1. The number of aromatic nitrogens is 1. The van der Waals surface area contributed by atoms with E-state index in [-0.39, 0.29) is 30.3 Å². The molecule has 1 N–H and O–H groups in total. The van der Waals surface area contributed by atoms with E-state index in [1.54, 1.807) is 39.0 Å². The summed E-state index contributed by atoms with van der Waals surface area (Å²) < 4.78 is 31.9. The Morgan fingerprint density at radius 1 is 1.21 bits per heavy atom. The van der Waals surface area contributed by atoms with Crippen molar-refractivity contribution in [3.05, 3.63) is 65.5 Å². The van der Waals surface area contributed by atoms with Crippen molar-refractivity contribution in [3.8, 4) is 0 Å². The van der Waals surface area contributed by atoms with Gasteiger partial charge in [0, 0.05) is 17.8 Å². The van der Waals surface area contributed by atoms with E-state index in [0.29, 0.717) is 16.8 Å². The molecule has 0 aliphatic heterocycles. The summed E-state index contributed by atoms with van der Waals surface area (Å²) in [5.74, 6) is -0.967. The maximum Gasteiger partial charge on any atom is 0.355 e. The molecule has 1 heterocycles. The third-order valence-electron chi connectivity index (χ3n) is 4.23. The van der Waals surface area contributed by atoms with Crippen LogP contribution in [0.3, 0.4) is 0 Å². The monoisotopic (exact) mass is 404 g/mol. The molecular weight excluding hydrogens is 380 g/mol. The van der Waals surface area contributed by atoms with Gasteiger partial charge in [0.25, 0.3) is 0 Å². The van der Waals surface area contributed by atoms with Crippen molar-refractivity contribution >= 4 is 21.8 Å². The second kappa shape index (κ2) is 8.99. The number of ether oxygens (including phenoxy) is 1. The first-order valence-electron chi connectivity index (χ1n) is 8.79. The first kappa shape index (κ1) is 21.6. The van der Waals surface area contributed by atoms with E-state index in [1.807, 2.05) is 0 Å². The summed E-state index contributed by atoms with van der Waals surface area (Å²) in [6.07, 6.45) is 1.43. The molecular formula is C20H24N2O5S. The molecule has 0 spiro atoms. The molecule has 0 aliphatic carbocycles. The van der Waals surface area contributed by atoms with Crippen LogP contribution < -0.4 is 0 Å². The standard InChI is InChI=1S/C20H24N2O5S/c1-5-12-22(28(25,26)16-10-8-7-9-11-16)13-17(23)18-14(3)19(21-15(18)4)20(24)27-6-2/h5,7-11,21H,1,6,12-13H2,2-4H3. The topological polar surface area (TPSA) is 96.5 Å². The summed E-state index contributed by atoms with van der Waals surface area (Å²) in [6, 6.07) is 7.90. The fourth-order valence-electron chi connectivity index (χ4n) is 2.95. The molecule has 28 heavy (non-hydrogen) atoms. The van der Waals surface area contributed by atoms with Gasteiger partial charge in [0.2, 0.25) is 10.0 Å². The van der Waals surface area contributed by atoms with Crippen LogP contribution in [-0.2, 0) is 14.8 Å². The van der Waals surface area contributed by atoms with Crippen molar-refractivity contribution < 1.29 is 22.7 Å². The molecule has 1 aromatic heterocycles. The lowest BCUT2D eigenvalue weighted by Crippen LogP contribution is -2.36. The predicted octanol–water partition coefficient (Wildman–Crippen LogP) is 2.87. The second-order valence-corrected chi connectivity index (χ2v) is 8.11. The summed E-state index contributed by atoms with van der Waals surface area (Å²) in [4.78, 5) is 27.9. The Balaban J connectivity index is 2.36. The van der Waals surface area contributed by atoms with Crippen LogP contribution in [0.5, 0.6) is 0 Å². The minimum atomic E-state index is -3.87. The first-order chi connectivity index (χ1) is 13.2. The summed E-state index contributed by atoms with van der Waals surface area (Å²) in [6.45, 7) is 8.39. The molecule has 1 aromatic carbocycles. The number of sulfonamides is 1. The third kappa shape index (κ3) is 4.40. The molecule has 0 amide bonds. The molecule has 2 aromatic rings. The van der Waals surface area contributed by atoms with Gasteiger partial charge in [-0.05, 0) is 38.5 Å². The Bertz CT molecular complexity index is 978. The molecule has 7 nitrogen and oxygen atoms in total. The summed E-state index contributed by atoms with van der Waals surface area (Å²) in [5, 5.41) is 0. The lowest BCUT2D eigenvalue weighted by Gasteiger charge is -2.20. The van der Waals surface area contributed by atoms with E-state index in [0.717, 1.165) is 4.31 Å². The quantitative estimate of drug-likeness (QED) is 0.394. The number of benzene rings is 1. The molecule has 0 aliphatic rings. The van der Waals surface area contributed by atoms with Crippen molar-refractivity contribution in [3.63, 3.8) is 0 Å². The number of aromatic amines is 1. The largest absolute Gasteiger partial charge is 0.461 e. The maximum absolute atomic E-state index is 12.9. The number of aryl methyl sites for hydroxylation is 1. The van der Waals surface area contributed by atoms with E-state index in [2.05, 4.69) is 11.6 Å². The van der Waals surface area contributed by atoms with Crippen LogP contribution in [-0.4, -0.2) is 49.2 Å². The molecule has 0 unspecified atom stereocenters. The van der Waals surface area contributed by atoms with Gasteiger partial charge in [-0.3, -0.25) is 4.79 Å². The number of carbonyl (C=O) groups excluding carboxylic acids is 2. The Kier molecular flexibility index (Phi) is 6.93. The SMILES string of the molecule is C=CCN(CC(=O)c1c(C)[nH]c(C(=O)OCC)c1C)S(=O)(=O)c1ccccc1. The van der Waals surface area contributed by atoms with Crippen LogP contribution in [0.15, 0.2) is 47.9 Å². The van der Waals surface area contributed by atoms with E-state index in [9.17, 15) is 18.0 Å². The molecule has 0 saturated carbocycles. The highest BCUT2D eigenvalue weighted by Gasteiger charge is 2.29. The highest BCUT2D eigenvalue weighted by molar-refractivity contribution is 7.89. The van der Waals surface area contributed by atoms with Gasteiger partial charge >= 0.3 is 5.97 Å². The maximum atomic E-state index is 12.9. The highest BCUT2D eigenvalue weighted by atomic mass is 32.2. The number of rotatable bonds is 9. The van der Waals surface area contributed by atoms with Crippen LogP contribution in [0.2, 0.25) is 0 Å². The van der Waals surface area contributed by atoms with E-state index < -0.39 is 21.8 Å². The smallest absolute Gasteiger partial charge is 0.355 e. The highest BCUT2D eigenvalue weighted by Crippen LogP contribution is 2.22. The van der Waals surface area contributed by atoms with Crippen molar-refractivity contribution in [2.75, 3.05) is 19.7 Å². The summed E-state index contributed by atoms with van der Waals surface area (Å²) in [7, 11) is -3.87. The number of carbonyl (C=O) groups is 2. The van der Waals surface area contributed by atoms with Gasteiger partial charge in [-0.1, -0.05) is 24.3 Å². The molecule has 0 saturated heterocycles. The number of hydrogen-bond donors (Lipinski definition) is 1. The van der Waals surface area contributed by atoms with Crippen LogP contribution in [0.4, 0.5) is 0 Å². The molecule has 0 atom stereocenters. The molecule has 2 rings (SSSR count). The average Bonchev–Trinajstić information content (AvgIpc) is 2.96. The molecule has 0 radical (unpaired) electrons. The van der Waals surface area contributed by atoms with E-state index in [4.69, 9.17) is 4.74 Å². The number of nitrogens with one attached hydrogen (secondary N) is 1. The van der Waals surface area contributed by atoms with Crippen molar-refractivity contribution in [2.24, 2.45) is 0 Å². The molecule has 0 bridgehead atoms. The zero-order valence-electron chi connectivity index (χ0n) is 16.2. The van der Waals surface area contributed by atoms with Gasteiger partial charge < -0.3 is 9.72 Å². The Morgan fingerprint density at radius 3 is 2.43 bits per heavy atom. The normalized spacial score (nSPS) is 11.4. The van der Waals surface area contributed by atoms with Gasteiger partial charge in [-0.25, -0.2) is 13.2 Å².